The highest BCUT2D eigenvalue weighted by molar-refractivity contribution is 5.81. The van der Waals surface area contributed by atoms with Crippen LogP contribution in [0, 0.1) is 0 Å². The van der Waals surface area contributed by atoms with Crippen molar-refractivity contribution < 1.29 is 43.1 Å². The summed E-state index contributed by atoms with van der Waals surface area (Å²) in [5.41, 5.74) is 0. The van der Waals surface area contributed by atoms with Crippen molar-refractivity contribution in [1.29, 1.82) is 0 Å². The minimum Gasteiger partial charge on any atom is -0.394 e. The molecule has 1 rings (SSSR count). The molecule has 7 nitrogen and oxygen atoms in total. The van der Waals surface area contributed by atoms with Gasteiger partial charge in [0.25, 0.3) is 5.91 Å². The van der Waals surface area contributed by atoms with E-state index in [2.05, 4.69) is 0 Å². The number of alkyl halides is 3. The molecule has 19 heavy (non-hydrogen) atoms. The summed E-state index contributed by atoms with van der Waals surface area (Å²) >= 11 is 0. The maximum absolute atomic E-state index is 11.9. The average molecular weight is 289 g/mol. The SMILES string of the molecule is O=C(NCC(F)(F)F)[C@H]1O[C@@H](CO)[C@@H](O)[C@H](O)[C@@H]1O. The normalized spacial score (nSPS) is 36.1. The van der Waals surface area contributed by atoms with Gasteiger partial charge in [0.1, 0.15) is 31.0 Å². The van der Waals surface area contributed by atoms with Crippen LogP contribution < -0.4 is 5.32 Å². The van der Waals surface area contributed by atoms with Gasteiger partial charge in [-0.25, -0.2) is 0 Å². The summed E-state index contributed by atoms with van der Waals surface area (Å²) < 4.78 is 40.5. The fraction of sp³-hybridized carbons (Fsp3) is 0.889. The monoisotopic (exact) mass is 289 g/mol. The Morgan fingerprint density at radius 2 is 1.74 bits per heavy atom. The van der Waals surface area contributed by atoms with Gasteiger partial charge in [-0.05, 0) is 0 Å². The first kappa shape index (κ1) is 16.1. The Bertz CT molecular complexity index is 324. The lowest BCUT2D eigenvalue weighted by molar-refractivity contribution is -0.227. The Labute approximate surface area is 105 Å². The van der Waals surface area contributed by atoms with E-state index in [9.17, 15) is 33.3 Å². The van der Waals surface area contributed by atoms with Crippen LogP contribution in [-0.4, -0.2) is 76.2 Å². The molecular formula is C9H14F3NO6. The first-order valence-electron chi connectivity index (χ1n) is 5.32. The number of hydrogen-bond donors (Lipinski definition) is 5. The molecule has 5 N–H and O–H groups in total. The summed E-state index contributed by atoms with van der Waals surface area (Å²) in [7, 11) is 0. The smallest absolute Gasteiger partial charge is 0.394 e. The van der Waals surface area contributed by atoms with Gasteiger partial charge in [0.2, 0.25) is 0 Å². The Morgan fingerprint density at radius 3 is 2.21 bits per heavy atom. The van der Waals surface area contributed by atoms with E-state index in [1.165, 1.54) is 5.32 Å². The zero-order valence-corrected chi connectivity index (χ0v) is 9.54. The molecule has 1 aliphatic rings. The van der Waals surface area contributed by atoms with Crippen LogP contribution in [0.4, 0.5) is 13.2 Å². The highest BCUT2D eigenvalue weighted by atomic mass is 19.4. The van der Waals surface area contributed by atoms with Crippen molar-refractivity contribution in [1.82, 2.24) is 5.32 Å². The van der Waals surface area contributed by atoms with Crippen LogP contribution >= 0.6 is 0 Å². The van der Waals surface area contributed by atoms with Crippen molar-refractivity contribution in [2.24, 2.45) is 0 Å². The molecule has 0 aromatic carbocycles. The minimum atomic E-state index is -4.64. The van der Waals surface area contributed by atoms with E-state index in [-0.39, 0.29) is 0 Å². The Balaban J connectivity index is 2.68. The summed E-state index contributed by atoms with van der Waals surface area (Å²) in [6.45, 7) is -2.39. The Morgan fingerprint density at radius 1 is 1.16 bits per heavy atom. The second-order valence-electron chi connectivity index (χ2n) is 4.08. The van der Waals surface area contributed by atoms with E-state index in [1.54, 1.807) is 0 Å². The lowest BCUT2D eigenvalue weighted by atomic mass is 9.95. The van der Waals surface area contributed by atoms with Crippen LogP contribution in [0.5, 0.6) is 0 Å². The zero-order valence-electron chi connectivity index (χ0n) is 9.54. The summed E-state index contributed by atoms with van der Waals surface area (Å²) in [5.74, 6) is -1.30. The van der Waals surface area contributed by atoms with Crippen LogP contribution in [0.1, 0.15) is 0 Å². The van der Waals surface area contributed by atoms with Crippen molar-refractivity contribution in [2.45, 2.75) is 36.7 Å². The average Bonchev–Trinajstić information content (AvgIpc) is 2.33. The molecule has 1 saturated heterocycles. The van der Waals surface area contributed by atoms with Gasteiger partial charge in [-0.1, -0.05) is 0 Å². The fourth-order valence-electron chi connectivity index (χ4n) is 1.61. The predicted octanol–water partition coefficient (Wildman–Crippen LogP) is -2.49. The summed E-state index contributed by atoms with van der Waals surface area (Å²) in [6.07, 6.45) is -13.2. The molecule has 10 heteroatoms. The van der Waals surface area contributed by atoms with Crippen molar-refractivity contribution in [3.05, 3.63) is 0 Å². The molecular weight excluding hydrogens is 275 g/mol. The summed E-state index contributed by atoms with van der Waals surface area (Å²) in [5, 5.41) is 38.5. The van der Waals surface area contributed by atoms with E-state index in [1.807, 2.05) is 0 Å². The number of hydrogen-bond acceptors (Lipinski definition) is 6. The molecule has 1 fully saturated rings. The van der Waals surface area contributed by atoms with Gasteiger partial charge in [-0.15, -0.1) is 0 Å². The molecule has 1 amide bonds. The van der Waals surface area contributed by atoms with Crippen LogP contribution in [0.3, 0.4) is 0 Å². The fourth-order valence-corrected chi connectivity index (χ4v) is 1.61. The first-order chi connectivity index (χ1) is 8.67. The third kappa shape index (κ3) is 4.01. The third-order valence-corrected chi connectivity index (χ3v) is 2.61. The molecule has 0 unspecified atom stereocenters. The molecule has 5 atom stereocenters. The van der Waals surface area contributed by atoms with Crippen molar-refractivity contribution >= 4 is 5.91 Å². The Kier molecular flexibility index (Phi) is 5.10. The molecule has 1 aliphatic heterocycles. The second kappa shape index (κ2) is 6.01. The van der Waals surface area contributed by atoms with E-state index in [4.69, 9.17) is 9.84 Å². The quantitative estimate of drug-likeness (QED) is 0.392. The molecule has 0 aromatic heterocycles. The van der Waals surface area contributed by atoms with Crippen LogP contribution in [0.15, 0.2) is 0 Å². The van der Waals surface area contributed by atoms with Crippen molar-refractivity contribution in [3.63, 3.8) is 0 Å². The maximum atomic E-state index is 11.9. The summed E-state index contributed by atoms with van der Waals surface area (Å²) in [4.78, 5) is 11.4. The summed E-state index contributed by atoms with van der Waals surface area (Å²) in [6, 6.07) is 0. The van der Waals surface area contributed by atoms with Crippen molar-refractivity contribution in [3.8, 4) is 0 Å². The van der Waals surface area contributed by atoms with E-state index < -0.39 is 55.8 Å². The highest BCUT2D eigenvalue weighted by Crippen LogP contribution is 2.21. The molecule has 0 bridgehead atoms. The molecule has 1 heterocycles. The van der Waals surface area contributed by atoms with Crippen LogP contribution in [0.25, 0.3) is 0 Å². The molecule has 112 valence electrons. The molecule has 0 radical (unpaired) electrons. The van der Waals surface area contributed by atoms with Gasteiger partial charge in [-0.2, -0.15) is 13.2 Å². The zero-order chi connectivity index (χ0) is 14.8. The number of aliphatic hydroxyl groups is 4. The Hall–Kier alpha value is -0.940. The van der Waals surface area contributed by atoms with Gasteiger partial charge in [-0.3, -0.25) is 4.79 Å². The number of halogens is 3. The van der Waals surface area contributed by atoms with Crippen LogP contribution in [0.2, 0.25) is 0 Å². The highest BCUT2D eigenvalue weighted by Gasteiger charge is 2.46. The van der Waals surface area contributed by atoms with Gasteiger partial charge >= 0.3 is 6.18 Å². The first-order valence-corrected chi connectivity index (χ1v) is 5.32. The van der Waals surface area contributed by atoms with Gasteiger partial charge in [0.05, 0.1) is 6.61 Å². The van der Waals surface area contributed by atoms with Gasteiger partial charge in [0, 0.05) is 0 Å². The number of rotatable bonds is 3. The number of nitrogens with one attached hydrogen (secondary N) is 1. The number of carbonyl (C=O) groups is 1. The van der Waals surface area contributed by atoms with E-state index >= 15 is 0 Å². The maximum Gasteiger partial charge on any atom is 0.405 e. The van der Waals surface area contributed by atoms with E-state index in [0.29, 0.717) is 0 Å². The van der Waals surface area contributed by atoms with Gasteiger partial charge < -0.3 is 30.5 Å². The lowest BCUT2D eigenvalue weighted by Gasteiger charge is -2.39. The van der Waals surface area contributed by atoms with Crippen LogP contribution in [-0.2, 0) is 9.53 Å². The molecule has 0 aromatic rings. The molecule has 0 saturated carbocycles. The molecule has 0 spiro atoms. The number of ether oxygens (including phenoxy) is 1. The number of aliphatic hydroxyl groups excluding tert-OH is 4. The molecule has 0 aliphatic carbocycles. The topological polar surface area (TPSA) is 119 Å². The number of carbonyl (C=O) groups excluding carboxylic acids is 1. The van der Waals surface area contributed by atoms with Gasteiger partial charge in [0.15, 0.2) is 6.10 Å². The lowest BCUT2D eigenvalue weighted by Crippen LogP contribution is -2.62. The van der Waals surface area contributed by atoms with E-state index in [0.717, 1.165) is 0 Å². The van der Waals surface area contributed by atoms with Crippen molar-refractivity contribution in [2.75, 3.05) is 13.2 Å². The standard InChI is InChI=1S/C9H14F3NO6/c10-9(11,12)2-13-8(18)7-6(17)5(16)4(15)3(1-14)19-7/h3-7,14-17H,1-2H2,(H,13,18)/t3-,4+,5-,6-,7-/m0/s1. The predicted molar refractivity (Wildman–Crippen MR) is 52.8 cm³/mol. The minimum absolute atomic E-state index is 0.770. The third-order valence-electron chi connectivity index (χ3n) is 2.61. The second-order valence-corrected chi connectivity index (χ2v) is 4.08. The largest absolute Gasteiger partial charge is 0.405 e. The number of amides is 1.